The highest BCUT2D eigenvalue weighted by Gasteiger charge is 2.00. The van der Waals surface area contributed by atoms with Gasteiger partial charge in [-0.15, -0.1) is 0 Å². The van der Waals surface area contributed by atoms with Crippen LogP contribution in [0.15, 0.2) is 24.3 Å². The number of carbonyl (C=O) groups is 1. The van der Waals surface area contributed by atoms with E-state index in [1.54, 1.807) is 12.1 Å². The van der Waals surface area contributed by atoms with E-state index in [1.807, 2.05) is 12.1 Å². The molecule has 1 aromatic rings. The molecule has 0 radical (unpaired) electrons. The smallest absolute Gasteiger partial charge is 0.324 e. The summed E-state index contributed by atoms with van der Waals surface area (Å²) in [5.41, 5.74) is 1.83. The number of unbranched alkanes of at least 4 members (excludes halogenated alkanes) is 1. The van der Waals surface area contributed by atoms with Gasteiger partial charge in [0.05, 0.1) is 11.6 Å². The van der Waals surface area contributed by atoms with E-state index in [2.05, 4.69) is 10.9 Å². The molecule has 0 saturated carbocycles. The molecular formula is C12H14N2O2. The van der Waals surface area contributed by atoms with Crippen molar-refractivity contribution in [2.24, 2.45) is 5.90 Å². The molecule has 0 heterocycles. The number of hydrogen-bond donors (Lipinski definition) is 1. The standard InChI is InChI=1S/C12H14N2O2/c13-9-11-7-5-10(6-8-11)3-1-2-4-12(15)16-14/h5-8H,1-4,14H2. The average molecular weight is 218 g/mol. The molecule has 16 heavy (non-hydrogen) atoms. The Labute approximate surface area is 94.6 Å². The molecule has 0 saturated heterocycles. The van der Waals surface area contributed by atoms with Crippen molar-refractivity contribution in [3.05, 3.63) is 35.4 Å². The van der Waals surface area contributed by atoms with Crippen LogP contribution in [0.5, 0.6) is 0 Å². The lowest BCUT2D eigenvalue weighted by Crippen LogP contribution is -2.09. The van der Waals surface area contributed by atoms with Gasteiger partial charge in [-0.2, -0.15) is 11.2 Å². The Bertz CT molecular complexity index is 379. The fourth-order valence-electron chi connectivity index (χ4n) is 1.40. The van der Waals surface area contributed by atoms with Gasteiger partial charge in [0.2, 0.25) is 0 Å². The molecule has 0 aliphatic rings. The number of aryl methyl sites for hydroxylation is 1. The zero-order valence-corrected chi connectivity index (χ0v) is 8.98. The Morgan fingerprint density at radius 2 is 2.00 bits per heavy atom. The molecule has 0 amide bonds. The van der Waals surface area contributed by atoms with Crippen LogP contribution in [0, 0.1) is 11.3 Å². The van der Waals surface area contributed by atoms with Gasteiger partial charge in [-0.3, -0.25) is 4.79 Å². The average Bonchev–Trinajstić information content (AvgIpc) is 2.35. The molecule has 1 rings (SSSR count). The van der Waals surface area contributed by atoms with Crippen LogP contribution in [0.1, 0.15) is 30.4 Å². The zero-order valence-electron chi connectivity index (χ0n) is 8.98. The van der Waals surface area contributed by atoms with E-state index in [9.17, 15) is 4.79 Å². The van der Waals surface area contributed by atoms with Crippen LogP contribution in [0.3, 0.4) is 0 Å². The van der Waals surface area contributed by atoms with Gasteiger partial charge in [0.1, 0.15) is 0 Å². The van der Waals surface area contributed by atoms with Crippen molar-refractivity contribution in [2.75, 3.05) is 0 Å². The van der Waals surface area contributed by atoms with E-state index in [-0.39, 0.29) is 5.97 Å². The molecule has 0 fully saturated rings. The van der Waals surface area contributed by atoms with Gasteiger partial charge in [0, 0.05) is 6.42 Å². The van der Waals surface area contributed by atoms with Crippen molar-refractivity contribution in [3.8, 4) is 6.07 Å². The van der Waals surface area contributed by atoms with Crippen molar-refractivity contribution in [3.63, 3.8) is 0 Å². The fourth-order valence-corrected chi connectivity index (χ4v) is 1.40. The molecule has 0 aliphatic carbocycles. The Kier molecular flexibility index (Phi) is 5.03. The molecule has 4 nitrogen and oxygen atoms in total. The Morgan fingerprint density at radius 3 is 2.56 bits per heavy atom. The van der Waals surface area contributed by atoms with Crippen LogP contribution in [0.25, 0.3) is 0 Å². The highest BCUT2D eigenvalue weighted by Crippen LogP contribution is 2.08. The summed E-state index contributed by atoms with van der Waals surface area (Å²) in [5.74, 6) is 4.34. The quantitative estimate of drug-likeness (QED) is 0.602. The normalized spacial score (nSPS) is 9.50. The lowest BCUT2D eigenvalue weighted by atomic mass is 10.1. The summed E-state index contributed by atoms with van der Waals surface area (Å²) in [7, 11) is 0. The number of nitrogens with zero attached hydrogens (tertiary/aromatic N) is 1. The Morgan fingerprint density at radius 1 is 1.31 bits per heavy atom. The first-order chi connectivity index (χ1) is 7.76. The van der Waals surface area contributed by atoms with E-state index >= 15 is 0 Å². The summed E-state index contributed by atoms with van der Waals surface area (Å²) in [6.45, 7) is 0. The summed E-state index contributed by atoms with van der Waals surface area (Å²) in [5, 5.41) is 8.62. The maximum atomic E-state index is 10.7. The third kappa shape index (κ3) is 4.11. The highest BCUT2D eigenvalue weighted by atomic mass is 16.7. The minimum Gasteiger partial charge on any atom is -0.373 e. The maximum Gasteiger partial charge on any atom is 0.324 e. The molecule has 2 N–H and O–H groups in total. The highest BCUT2D eigenvalue weighted by molar-refractivity contribution is 5.68. The number of nitriles is 1. The lowest BCUT2D eigenvalue weighted by molar-refractivity contribution is -0.144. The molecule has 0 spiro atoms. The number of nitrogens with two attached hydrogens (primary N) is 1. The third-order valence-electron chi connectivity index (χ3n) is 2.31. The molecule has 0 aromatic heterocycles. The topological polar surface area (TPSA) is 76.1 Å². The predicted molar refractivity (Wildman–Crippen MR) is 59.0 cm³/mol. The molecule has 0 aliphatic heterocycles. The molecule has 0 atom stereocenters. The summed E-state index contributed by atoms with van der Waals surface area (Å²) >= 11 is 0. The monoisotopic (exact) mass is 218 g/mol. The second-order valence-corrected chi connectivity index (χ2v) is 3.51. The first-order valence-corrected chi connectivity index (χ1v) is 5.15. The van der Waals surface area contributed by atoms with E-state index < -0.39 is 0 Å². The second kappa shape index (κ2) is 6.59. The SMILES string of the molecule is N#Cc1ccc(CCCCC(=O)ON)cc1. The Hall–Kier alpha value is -1.86. The van der Waals surface area contributed by atoms with E-state index in [4.69, 9.17) is 11.2 Å². The van der Waals surface area contributed by atoms with Crippen LogP contribution in [-0.2, 0) is 16.1 Å². The first-order valence-electron chi connectivity index (χ1n) is 5.15. The van der Waals surface area contributed by atoms with Gasteiger partial charge >= 0.3 is 5.97 Å². The van der Waals surface area contributed by atoms with Crippen molar-refractivity contribution in [1.29, 1.82) is 5.26 Å². The second-order valence-electron chi connectivity index (χ2n) is 3.51. The van der Waals surface area contributed by atoms with Crippen molar-refractivity contribution in [2.45, 2.75) is 25.7 Å². The molecule has 4 heteroatoms. The van der Waals surface area contributed by atoms with E-state index in [0.29, 0.717) is 12.0 Å². The largest absolute Gasteiger partial charge is 0.373 e. The third-order valence-corrected chi connectivity index (χ3v) is 2.31. The van der Waals surface area contributed by atoms with Gasteiger partial charge in [-0.05, 0) is 37.0 Å². The molecular weight excluding hydrogens is 204 g/mol. The summed E-state index contributed by atoms with van der Waals surface area (Å²) in [4.78, 5) is 14.8. The van der Waals surface area contributed by atoms with Gasteiger partial charge in [-0.25, -0.2) is 0 Å². The number of rotatable bonds is 5. The fraction of sp³-hybridized carbons (Fsp3) is 0.333. The summed E-state index contributed by atoms with van der Waals surface area (Å²) in [6.07, 6.45) is 2.91. The van der Waals surface area contributed by atoms with Crippen LogP contribution in [0.4, 0.5) is 0 Å². The molecule has 1 aromatic carbocycles. The first kappa shape index (κ1) is 12.2. The Balaban J connectivity index is 2.27. The minimum absolute atomic E-state index is 0.354. The zero-order chi connectivity index (χ0) is 11.8. The minimum atomic E-state index is -0.375. The van der Waals surface area contributed by atoms with Crippen LogP contribution in [-0.4, -0.2) is 5.97 Å². The van der Waals surface area contributed by atoms with Gasteiger partial charge < -0.3 is 4.84 Å². The maximum absolute atomic E-state index is 10.7. The summed E-state index contributed by atoms with van der Waals surface area (Å²) < 4.78 is 0. The van der Waals surface area contributed by atoms with Crippen LogP contribution in [0.2, 0.25) is 0 Å². The summed E-state index contributed by atoms with van der Waals surface area (Å²) in [6, 6.07) is 9.52. The van der Waals surface area contributed by atoms with Crippen molar-refractivity contribution >= 4 is 5.97 Å². The molecule has 84 valence electrons. The van der Waals surface area contributed by atoms with Gasteiger partial charge in [0.15, 0.2) is 0 Å². The van der Waals surface area contributed by atoms with Gasteiger partial charge in [-0.1, -0.05) is 12.1 Å². The van der Waals surface area contributed by atoms with Crippen LogP contribution < -0.4 is 5.90 Å². The number of hydrogen-bond acceptors (Lipinski definition) is 4. The van der Waals surface area contributed by atoms with E-state index in [0.717, 1.165) is 19.3 Å². The van der Waals surface area contributed by atoms with Gasteiger partial charge in [0.25, 0.3) is 0 Å². The predicted octanol–water partition coefficient (Wildman–Crippen LogP) is 1.69. The van der Waals surface area contributed by atoms with E-state index in [1.165, 1.54) is 5.56 Å². The lowest BCUT2D eigenvalue weighted by Gasteiger charge is -2.01. The molecule has 0 bridgehead atoms. The van der Waals surface area contributed by atoms with Crippen molar-refractivity contribution < 1.29 is 9.63 Å². The van der Waals surface area contributed by atoms with Crippen molar-refractivity contribution in [1.82, 2.24) is 0 Å². The number of benzene rings is 1. The number of carbonyl (C=O) groups excluding carboxylic acids is 1. The van der Waals surface area contributed by atoms with Crippen LogP contribution >= 0.6 is 0 Å². The molecule has 0 unspecified atom stereocenters.